The summed E-state index contributed by atoms with van der Waals surface area (Å²) in [6, 6.07) is 6.67. The number of hydrogen-bond donors (Lipinski definition) is 0. The second-order valence-electron chi connectivity index (χ2n) is 3.79. The van der Waals surface area contributed by atoms with Crippen LogP contribution in [0.2, 0.25) is 0 Å². The van der Waals surface area contributed by atoms with Crippen LogP contribution in [0.4, 0.5) is 4.39 Å². The molecule has 90 valence electrons. The number of nitrogens with zero attached hydrogens (tertiary/aromatic N) is 3. The maximum Gasteiger partial charge on any atom is 0.128 e. The van der Waals surface area contributed by atoms with E-state index in [1.54, 1.807) is 16.8 Å². The fraction of sp³-hybridized carbons (Fsp3) is 0.333. The number of halogens is 2. The normalized spacial score (nSPS) is 10.7. The first-order valence-corrected chi connectivity index (χ1v) is 6.01. The van der Waals surface area contributed by atoms with E-state index in [1.807, 2.05) is 12.3 Å². The van der Waals surface area contributed by atoms with Gasteiger partial charge in [-0.05, 0) is 18.9 Å². The second-order valence-corrected chi connectivity index (χ2v) is 4.17. The zero-order chi connectivity index (χ0) is 12.1. The Morgan fingerprint density at radius 1 is 1.29 bits per heavy atom. The van der Waals surface area contributed by atoms with E-state index in [0.717, 1.165) is 18.5 Å². The first-order chi connectivity index (χ1) is 8.29. The van der Waals surface area contributed by atoms with E-state index in [2.05, 4.69) is 10.3 Å². The summed E-state index contributed by atoms with van der Waals surface area (Å²) in [4.78, 5) is 0. The molecule has 0 atom stereocenters. The lowest BCUT2D eigenvalue weighted by Gasteiger charge is -2.01. The molecule has 0 spiro atoms. The van der Waals surface area contributed by atoms with Crippen molar-refractivity contribution in [3.8, 4) is 0 Å². The van der Waals surface area contributed by atoms with E-state index in [0.29, 0.717) is 18.0 Å². The summed E-state index contributed by atoms with van der Waals surface area (Å²) in [6.45, 7) is 0.403. The number of rotatable bonds is 5. The third-order valence-electron chi connectivity index (χ3n) is 2.44. The van der Waals surface area contributed by atoms with Crippen molar-refractivity contribution in [2.45, 2.75) is 19.4 Å². The molecule has 0 radical (unpaired) electrons. The molecule has 2 rings (SSSR count). The van der Waals surface area contributed by atoms with Gasteiger partial charge in [-0.1, -0.05) is 23.4 Å². The van der Waals surface area contributed by atoms with Crippen molar-refractivity contribution in [1.82, 2.24) is 15.0 Å². The van der Waals surface area contributed by atoms with Gasteiger partial charge in [-0.2, -0.15) is 0 Å². The highest BCUT2D eigenvalue weighted by molar-refractivity contribution is 6.17. The molecule has 0 aliphatic rings. The molecule has 0 unspecified atom stereocenters. The predicted octanol–water partition coefficient (Wildman–Crippen LogP) is 2.64. The predicted molar refractivity (Wildman–Crippen MR) is 64.6 cm³/mol. The Labute approximate surface area is 104 Å². The van der Waals surface area contributed by atoms with Gasteiger partial charge in [0, 0.05) is 17.6 Å². The van der Waals surface area contributed by atoms with E-state index < -0.39 is 0 Å². The molecular formula is C12H13ClFN3. The molecule has 0 aliphatic heterocycles. The van der Waals surface area contributed by atoms with E-state index in [4.69, 9.17) is 11.6 Å². The summed E-state index contributed by atoms with van der Waals surface area (Å²) in [5.41, 5.74) is 1.50. The Bertz CT molecular complexity index is 484. The SMILES string of the molecule is Fc1ccccc1Cn1cc(CCCCl)nn1. The summed E-state index contributed by atoms with van der Waals surface area (Å²) in [5, 5.41) is 7.97. The van der Waals surface area contributed by atoms with Gasteiger partial charge in [0.15, 0.2) is 0 Å². The van der Waals surface area contributed by atoms with Crippen LogP contribution in [0.15, 0.2) is 30.5 Å². The van der Waals surface area contributed by atoms with Crippen LogP contribution in [0.25, 0.3) is 0 Å². The van der Waals surface area contributed by atoms with Crippen molar-refractivity contribution in [2.24, 2.45) is 0 Å². The Hall–Kier alpha value is -1.42. The number of alkyl halides is 1. The van der Waals surface area contributed by atoms with Gasteiger partial charge in [-0.3, -0.25) is 0 Å². The quantitative estimate of drug-likeness (QED) is 0.767. The van der Waals surface area contributed by atoms with Crippen LogP contribution in [0.5, 0.6) is 0 Å². The second kappa shape index (κ2) is 5.77. The lowest BCUT2D eigenvalue weighted by atomic mass is 10.2. The molecule has 0 saturated heterocycles. The summed E-state index contributed by atoms with van der Waals surface area (Å²) >= 11 is 5.60. The third kappa shape index (κ3) is 3.27. The standard InChI is InChI=1S/C12H13ClFN3/c13-7-3-5-11-9-17(16-15-11)8-10-4-1-2-6-12(10)14/h1-2,4,6,9H,3,5,7-8H2. The maximum atomic E-state index is 13.4. The first-order valence-electron chi connectivity index (χ1n) is 5.48. The Morgan fingerprint density at radius 2 is 2.12 bits per heavy atom. The average Bonchev–Trinajstić information content (AvgIpc) is 2.77. The summed E-state index contributed by atoms with van der Waals surface area (Å²) in [7, 11) is 0. The van der Waals surface area contributed by atoms with Crippen LogP contribution in [-0.4, -0.2) is 20.9 Å². The lowest BCUT2D eigenvalue weighted by molar-refractivity contribution is 0.577. The lowest BCUT2D eigenvalue weighted by Crippen LogP contribution is -2.02. The summed E-state index contributed by atoms with van der Waals surface area (Å²) in [6.07, 6.45) is 3.51. The van der Waals surface area contributed by atoms with Crippen molar-refractivity contribution in [1.29, 1.82) is 0 Å². The number of aromatic nitrogens is 3. The molecule has 1 aromatic carbocycles. The fourth-order valence-electron chi connectivity index (χ4n) is 1.58. The van der Waals surface area contributed by atoms with Crippen molar-refractivity contribution in [3.05, 3.63) is 47.5 Å². The molecule has 0 fully saturated rings. The zero-order valence-corrected chi connectivity index (χ0v) is 10.1. The summed E-state index contributed by atoms with van der Waals surface area (Å²) in [5.74, 6) is 0.394. The Kier molecular flexibility index (Phi) is 4.09. The highest BCUT2D eigenvalue weighted by Crippen LogP contribution is 2.08. The number of hydrogen-bond acceptors (Lipinski definition) is 2. The molecule has 1 heterocycles. The van der Waals surface area contributed by atoms with Gasteiger partial charge in [-0.25, -0.2) is 9.07 Å². The fourth-order valence-corrected chi connectivity index (χ4v) is 1.71. The summed E-state index contributed by atoms with van der Waals surface area (Å²) < 4.78 is 15.0. The highest BCUT2D eigenvalue weighted by Gasteiger charge is 2.04. The van der Waals surface area contributed by atoms with Crippen molar-refractivity contribution >= 4 is 11.6 Å². The van der Waals surface area contributed by atoms with Crippen LogP contribution in [-0.2, 0) is 13.0 Å². The smallest absolute Gasteiger partial charge is 0.128 e. The minimum Gasteiger partial charge on any atom is -0.248 e. The van der Waals surface area contributed by atoms with Gasteiger partial charge in [0.25, 0.3) is 0 Å². The molecule has 1 aromatic heterocycles. The molecule has 17 heavy (non-hydrogen) atoms. The molecule has 2 aromatic rings. The van der Waals surface area contributed by atoms with E-state index in [9.17, 15) is 4.39 Å². The van der Waals surface area contributed by atoms with Gasteiger partial charge in [-0.15, -0.1) is 16.7 Å². The molecule has 0 saturated carbocycles. The molecule has 0 amide bonds. The van der Waals surface area contributed by atoms with Crippen LogP contribution in [0, 0.1) is 5.82 Å². The van der Waals surface area contributed by atoms with E-state index in [1.165, 1.54) is 6.07 Å². The molecule has 5 heteroatoms. The highest BCUT2D eigenvalue weighted by atomic mass is 35.5. The topological polar surface area (TPSA) is 30.7 Å². The van der Waals surface area contributed by atoms with Gasteiger partial charge < -0.3 is 0 Å². The van der Waals surface area contributed by atoms with Crippen molar-refractivity contribution in [2.75, 3.05) is 5.88 Å². The minimum absolute atomic E-state index is 0.217. The van der Waals surface area contributed by atoms with Crippen LogP contribution < -0.4 is 0 Å². The monoisotopic (exact) mass is 253 g/mol. The molecular weight excluding hydrogens is 241 g/mol. The molecule has 3 nitrogen and oxygen atoms in total. The molecule has 0 N–H and O–H groups in total. The Morgan fingerprint density at radius 3 is 2.88 bits per heavy atom. The van der Waals surface area contributed by atoms with Gasteiger partial charge in [0.2, 0.25) is 0 Å². The third-order valence-corrected chi connectivity index (χ3v) is 2.71. The largest absolute Gasteiger partial charge is 0.248 e. The first kappa shape index (κ1) is 12.0. The van der Waals surface area contributed by atoms with Crippen molar-refractivity contribution < 1.29 is 4.39 Å². The van der Waals surface area contributed by atoms with Crippen LogP contribution >= 0.6 is 11.6 Å². The van der Waals surface area contributed by atoms with E-state index >= 15 is 0 Å². The zero-order valence-electron chi connectivity index (χ0n) is 9.31. The van der Waals surface area contributed by atoms with E-state index in [-0.39, 0.29) is 5.82 Å². The van der Waals surface area contributed by atoms with Crippen LogP contribution in [0.1, 0.15) is 17.7 Å². The molecule has 0 bridgehead atoms. The van der Waals surface area contributed by atoms with Gasteiger partial charge >= 0.3 is 0 Å². The van der Waals surface area contributed by atoms with Crippen LogP contribution in [0.3, 0.4) is 0 Å². The molecule has 0 aliphatic carbocycles. The average molecular weight is 254 g/mol. The van der Waals surface area contributed by atoms with Crippen molar-refractivity contribution in [3.63, 3.8) is 0 Å². The number of aryl methyl sites for hydroxylation is 1. The van der Waals surface area contributed by atoms with Gasteiger partial charge in [0.05, 0.1) is 12.2 Å². The maximum absolute atomic E-state index is 13.4. The minimum atomic E-state index is -0.217. The Balaban J connectivity index is 2.04. The number of benzene rings is 1. The van der Waals surface area contributed by atoms with Gasteiger partial charge in [0.1, 0.15) is 5.82 Å².